The molecule has 0 bridgehead atoms. The van der Waals surface area contributed by atoms with Gasteiger partial charge in [-0.25, -0.2) is 18.4 Å². The Labute approximate surface area is 233 Å². The first-order valence-electron chi connectivity index (χ1n) is 13.1. The van der Waals surface area contributed by atoms with E-state index in [-0.39, 0.29) is 35.0 Å². The van der Waals surface area contributed by atoms with Crippen LogP contribution in [-0.2, 0) is 26.8 Å². The van der Waals surface area contributed by atoms with E-state index in [1.165, 1.54) is 7.11 Å². The van der Waals surface area contributed by atoms with Gasteiger partial charge in [-0.2, -0.15) is 4.98 Å². The number of carbonyl (C=O) groups is 1. The number of amides is 1. The summed E-state index contributed by atoms with van der Waals surface area (Å²) < 4.78 is 36.8. The van der Waals surface area contributed by atoms with Gasteiger partial charge in [0.05, 0.1) is 17.5 Å². The molecular formula is C28H32N6O5S. The van der Waals surface area contributed by atoms with Crippen LogP contribution in [0.15, 0.2) is 52.1 Å². The van der Waals surface area contributed by atoms with Gasteiger partial charge in [0.2, 0.25) is 11.8 Å². The quantitative estimate of drug-likeness (QED) is 0.314. The molecule has 5 rings (SSSR count). The van der Waals surface area contributed by atoms with E-state index < -0.39 is 15.6 Å². The number of carbonyl (C=O) groups excluding carboxylic acids is 1. The van der Waals surface area contributed by atoms with Crippen LogP contribution >= 0.6 is 0 Å². The molecule has 0 atom stereocenters. The van der Waals surface area contributed by atoms with E-state index in [1.54, 1.807) is 44.3 Å². The first-order chi connectivity index (χ1) is 19.2. The number of aryl methyl sites for hydroxylation is 2. The lowest BCUT2D eigenvalue weighted by atomic mass is 10.0. The highest BCUT2D eigenvalue weighted by Gasteiger charge is 2.29. The first-order valence-corrected chi connectivity index (χ1v) is 14.7. The number of piperidine rings is 1. The number of methoxy groups -OCH3 is 1. The highest BCUT2D eigenvalue weighted by molar-refractivity contribution is 7.90. The van der Waals surface area contributed by atoms with Crippen molar-refractivity contribution in [2.75, 3.05) is 32.1 Å². The molecule has 0 radical (unpaired) electrons. The van der Waals surface area contributed by atoms with Gasteiger partial charge in [0.15, 0.2) is 15.7 Å². The summed E-state index contributed by atoms with van der Waals surface area (Å²) in [6, 6.07) is 11.3. The van der Waals surface area contributed by atoms with Gasteiger partial charge in [-0.1, -0.05) is 17.3 Å². The fourth-order valence-corrected chi connectivity index (χ4v) is 7.05. The zero-order valence-electron chi connectivity index (χ0n) is 23.0. The lowest BCUT2D eigenvalue weighted by molar-refractivity contribution is -0.132. The number of ether oxygens (including phenoxy) is 1. The third kappa shape index (κ3) is 5.62. The van der Waals surface area contributed by atoms with E-state index in [0.717, 1.165) is 42.7 Å². The Morgan fingerprint density at radius 2 is 1.82 bits per heavy atom. The third-order valence-electron chi connectivity index (χ3n) is 7.34. The second-order valence-corrected chi connectivity index (χ2v) is 12.0. The molecule has 1 aliphatic heterocycles. The summed E-state index contributed by atoms with van der Waals surface area (Å²) in [5.74, 6) is 1.02. The Morgan fingerprint density at radius 1 is 1.12 bits per heavy atom. The smallest absolute Gasteiger partial charge is 0.236 e. The molecule has 0 aliphatic carbocycles. The van der Waals surface area contributed by atoms with Gasteiger partial charge in [0.25, 0.3) is 0 Å². The van der Waals surface area contributed by atoms with Crippen LogP contribution in [0.2, 0.25) is 0 Å². The summed E-state index contributed by atoms with van der Waals surface area (Å²) in [5, 5.41) is 4.85. The fourth-order valence-electron chi connectivity index (χ4n) is 5.35. The number of hydrogen-bond acceptors (Lipinski definition) is 10. The zero-order chi connectivity index (χ0) is 28.4. The summed E-state index contributed by atoms with van der Waals surface area (Å²) >= 11 is 0. The van der Waals surface area contributed by atoms with E-state index in [2.05, 4.69) is 25.0 Å². The van der Waals surface area contributed by atoms with Crippen molar-refractivity contribution in [1.82, 2.24) is 25.0 Å². The molecule has 2 aromatic carbocycles. The highest BCUT2D eigenvalue weighted by Crippen LogP contribution is 2.29. The van der Waals surface area contributed by atoms with Crippen molar-refractivity contribution in [3.8, 4) is 5.75 Å². The van der Waals surface area contributed by atoms with Crippen LogP contribution in [0.4, 0.5) is 5.82 Å². The van der Waals surface area contributed by atoms with E-state index in [0.29, 0.717) is 16.9 Å². The van der Waals surface area contributed by atoms with Crippen LogP contribution in [0.25, 0.3) is 10.9 Å². The summed E-state index contributed by atoms with van der Waals surface area (Å²) in [4.78, 5) is 30.3. The first kappa shape index (κ1) is 27.5. The number of para-hydroxylation sites is 1. The average molecular weight is 565 g/mol. The Morgan fingerprint density at radius 3 is 2.52 bits per heavy atom. The lowest BCUT2D eigenvalue weighted by Crippen LogP contribution is -2.46. The van der Waals surface area contributed by atoms with Crippen molar-refractivity contribution >= 4 is 32.5 Å². The molecule has 210 valence electrons. The standard InChI is InChI=1S/C28H32N6O5S/c1-18-13-21(38-4)14-19(2)27(18)40(36,37)16-24-31-25(39-32-24)15-26(35)33(3)20-9-11-34(12-10-20)28-22-7-5-6-8-23(22)29-17-30-28/h5-8,13-14,17,20H,9-12,15-16H2,1-4H3. The maximum atomic E-state index is 13.1. The number of nitrogens with zero attached hydrogens (tertiary/aromatic N) is 6. The third-order valence-corrected chi connectivity index (χ3v) is 9.24. The molecule has 3 heterocycles. The van der Waals surface area contributed by atoms with Crippen LogP contribution in [0.5, 0.6) is 5.75 Å². The Balaban J connectivity index is 1.19. The predicted molar refractivity (Wildman–Crippen MR) is 149 cm³/mol. The number of rotatable bonds is 8. The van der Waals surface area contributed by atoms with Gasteiger partial charge < -0.3 is 19.1 Å². The Bertz CT molecular complexity index is 1620. The monoisotopic (exact) mass is 564 g/mol. The molecule has 0 saturated carbocycles. The fraction of sp³-hybridized carbons (Fsp3) is 0.393. The van der Waals surface area contributed by atoms with Gasteiger partial charge in [-0.05, 0) is 62.1 Å². The van der Waals surface area contributed by atoms with Crippen molar-refractivity contribution in [2.45, 2.75) is 49.8 Å². The average Bonchev–Trinajstić information content (AvgIpc) is 3.37. The van der Waals surface area contributed by atoms with E-state index >= 15 is 0 Å². The van der Waals surface area contributed by atoms with Crippen LogP contribution in [0.1, 0.15) is 35.7 Å². The van der Waals surface area contributed by atoms with E-state index in [4.69, 9.17) is 9.26 Å². The number of hydrogen-bond donors (Lipinski definition) is 0. The molecule has 4 aromatic rings. The molecular weight excluding hydrogens is 532 g/mol. The molecule has 1 fully saturated rings. The van der Waals surface area contributed by atoms with E-state index in [1.807, 2.05) is 24.3 Å². The largest absolute Gasteiger partial charge is 0.497 e. The van der Waals surface area contributed by atoms with Crippen molar-refractivity contribution in [1.29, 1.82) is 0 Å². The molecule has 1 saturated heterocycles. The van der Waals surface area contributed by atoms with Gasteiger partial charge >= 0.3 is 0 Å². The topological polar surface area (TPSA) is 132 Å². The molecule has 1 aliphatic rings. The Kier molecular flexibility index (Phi) is 7.70. The summed E-state index contributed by atoms with van der Waals surface area (Å²) in [6.45, 7) is 4.96. The van der Waals surface area contributed by atoms with Gasteiger partial charge in [-0.3, -0.25) is 4.79 Å². The normalized spacial score (nSPS) is 14.4. The maximum absolute atomic E-state index is 13.1. The second-order valence-electron chi connectivity index (χ2n) is 10.1. The minimum atomic E-state index is -3.74. The van der Waals surface area contributed by atoms with Crippen molar-refractivity contribution < 1.29 is 22.5 Å². The molecule has 0 spiro atoms. The van der Waals surface area contributed by atoms with Crippen LogP contribution < -0.4 is 9.64 Å². The molecule has 0 N–H and O–H groups in total. The molecule has 2 aromatic heterocycles. The van der Waals surface area contributed by atoms with Crippen molar-refractivity contribution in [2.24, 2.45) is 0 Å². The van der Waals surface area contributed by atoms with Gasteiger partial charge in [0.1, 0.15) is 30.1 Å². The minimum Gasteiger partial charge on any atom is -0.497 e. The van der Waals surface area contributed by atoms with Crippen LogP contribution in [0.3, 0.4) is 0 Å². The number of sulfone groups is 1. The molecule has 11 nitrogen and oxygen atoms in total. The van der Waals surface area contributed by atoms with E-state index in [9.17, 15) is 13.2 Å². The maximum Gasteiger partial charge on any atom is 0.236 e. The number of fused-ring (bicyclic) bond motifs is 1. The Hall–Kier alpha value is -4.06. The minimum absolute atomic E-state index is 0.0189. The SMILES string of the molecule is COc1cc(C)c(S(=O)(=O)Cc2noc(CC(=O)N(C)C3CCN(c4ncnc5ccccc45)CC3)n2)c(C)c1. The number of aromatic nitrogens is 4. The molecule has 0 unspecified atom stereocenters. The zero-order valence-corrected chi connectivity index (χ0v) is 23.8. The van der Waals surface area contributed by atoms with Gasteiger partial charge in [-0.15, -0.1) is 0 Å². The molecule has 12 heteroatoms. The van der Waals surface area contributed by atoms with Crippen molar-refractivity contribution in [3.05, 3.63) is 65.6 Å². The summed E-state index contributed by atoms with van der Waals surface area (Å²) in [7, 11) is -0.428. The highest BCUT2D eigenvalue weighted by atomic mass is 32.2. The summed E-state index contributed by atoms with van der Waals surface area (Å²) in [5.41, 5.74) is 2.07. The number of anilines is 1. The summed E-state index contributed by atoms with van der Waals surface area (Å²) in [6.07, 6.45) is 3.06. The van der Waals surface area contributed by atoms with Crippen molar-refractivity contribution in [3.63, 3.8) is 0 Å². The van der Waals surface area contributed by atoms with Crippen LogP contribution in [0, 0.1) is 13.8 Å². The number of likely N-dealkylation sites (N-methyl/N-ethyl adjacent to an activating group) is 1. The van der Waals surface area contributed by atoms with Gasteiger partial charge in [0, 0.05) is 31.6 Å². The molecule has 1 amide bonds. The second kappa shape index (κ2) is 11.2. The number of benzene rings is 2. The predicted octanol–water partition coefficient (Wildman–Crippen LogP) is 3.28. The molecule has 40 heavy (non-hydrogen) atoms. The lowest BCUT2D eigenvalue weighted by Gasteiger charge is -2.37. The van der Waals surface area contributed by atoms with Crippen LogP contribution in [-0.4, -0.2) is 72.6 Å².